The van der Waals surface area contributed by atoms with Gasteiger partial charge in [-0.15, -0.1) is 11.3 Å². The summed E-state index contributed by atoms with van der Waals surface area (Å²) in [7, 11) is 1.56. The number of hydrazine groups is 1. The Balaban J connectivity index is 1.48. The third-order valence-electron chi connectivity index (χ3n) is 4.79. The van der Waals surface area contributed by atoms with Crippen molar-refractivity contribution >= 4 is 34.2 Å². The molecule has 0 aliphatic heterocycles. The number of aromatic nitrogens is 2. The van der Waals surface area contributed by atoms with E-state index >= 15 is 0 Å². The lowest BCUT2D eigenvalue weighted by molar-refractivity contribution is 0.0849. The Morgan fingerprint density at radius 3 is 2.48 bits per heavy atom. The average molecular weight is 435 g/mol. The minimum atomic E-state index is -0.405. The van der Waals surface area contributed by atoms with E-state index in [1.165, 1.54) is 11.3 Å². The fraction of sp³-hybridized carbons (Fsp3) is 0.174. The molecule has 2 heterocycles. The number of benzene rings is 2. The van der Waals surface area contributed by atoms with Crippen LogP contribution in [0.25, 0.3) is 21.7 Å². The van der Waals surface area contributed by atoms with Crippen LogP contribution in [0.4, 0.5) is 0 Å². The van der Waals surface area contributed by atoms with E-state index in [1.54, 1.807) is 37.4 Å². The van der Waals surface area contributed by atoms with Crippen LogP contribution < -0.4 is 15.6 Å². The molecule has 0 aliphatic carbocycles. The number of hydrogen-bond acceptors (Lipinski definition) is 5. The molecule has 0 saturated carbocycles. The highest BCUT2D eigenvalue weighted by atomic mass is 32.1. The Bertz CT molecular complexity index is 1230. The van der Waals surface area contributed by atoms with Crippen molar-refractivity contribution in [1.29, 1.82) is 0 Å². The van der Waals surface area contributed by atoms with Crippen LogP contribution in [-0.2, 0) is 6.54 Å². The van der Waals surface area contributed by atoms with Gasteiger partial charge >= 0.3 is 0 Å². The lowest BCUT2D eigenvalue weighted by Gasteiger charge is -2.07. The van der Waals surface area contributed by atoms with E-state index < -0.39 is 5.91 Å². The quantitative estimate of drug-likeness (QED) is 0.444. The number of ether oxygens (including phenoxy) is 1. The predicted molar refractivity (Wildman–Crippen MR) is 121 cm³/mol. The smallest absolute Gasteiger partial charge is 0.279 e. The molecular weight excluding hydrogens is 412 g/mol. The molecule has 2 N–H and O–H groups in total. The number of amides is 2. The molecule has 31 heavy (non-hydrogen) atoms. The SMILES string of the molecule is CCCn1c(-c2ccc(C(=O)NNC(=O)c3ccc(OC)cc3)s2)nc2ccccc21. The van der Waals surface area contributed by atoms with E-state index in [1.807, 2.05) is 24.3 Å². The highest BCUT2D eigenvalue weighted by molar-refractivity contribution is 7.17. The summed E-state index contributed by atoms with van der Waals surface area (Å²) in [5, 5.41) is 0. The molecule has 8 heteroatoms. The summed E-state index contributed by atoms with van der Waals surface area (Å²) >= 11 is 1.34. The predicted octanol–water partition coefficient (Wildman–Crippen LogP) is 4.26. The van der Waals surface area contributed by atoms with E-state index in [9.17, 15) is 9.59 Å². The second-order valence-corrected chi connectivity index (χ2v) is 7.96. The number of nitrogens with zero attached hydrogens (tertiary/aromatic N) is 2. The van der Waals surface area contributed by atoms with Gasteiger partial charge in [-0.05, 0) is 55.0 Å². The van der Waals surface area contributed by atoms with Crippen LogP contribution in [0.5, 0.6) is 5.75 Å². The molecule has 0 aliphatic rings. The summed E-state index contributed by atoms with van der Waals surface area (Å²) < 4.78 is 7.25. The van der Waals surface area contributed by atoms with Crippen molar-refractivity contribution in [2.75, 3.05) is 7.11 Å². The Morgan fingerprint density at radius 2 is 1.74 bits per heavy atom. The van der Waals surface area contributed by atoms with Gasteiger partial charge in [0.15, 0.2) is 5.82 Å². The van der Waals surface area contributed by atoms with E-state index in [0.717, 1.165) is 34.7 Å². The third-order valence-corrected chi connectivity index (χ3v) is 5.87. The minimum absolute atomic E-state index is 0.378. The van der Waals surface area contributed by atoms with Crippen LogP contribution in [0.15, 0.2) is 60.7 Å². The molecule has 2 aromatic heterocycles. The van der Waals surface area contributed by atoms with Crippen LogP contribution in [-0.4, -0.2) is 28.5 Å². The molecule has 0 bridgehead atoms. The molecule has 0 fully saturated rings. The van der Waals surface area contributed by atoms with Crippen molar-refractivity contribution in [3.05, 3.63) is 71.1 Å². The molecule has 0 saturated heterocycles. The normalized spacial score (nSPS) is 10.8. The molecular formula is C23H22N4O3S. The first kappa shape index (κ1) is 20.6. The molecule has 7 nitrogen and oxygen atoms in total. The van der Waals surface area contributed by atoms with Crippen molar-refractivity contribution in [3.63, 3.8) is 0 Å². The molecule has 158 valence electrons. The van der Waals surface area contributed by atoms with Gasteiger partial charge in [0, 0.05) is 12.1 Å². The highest BCUT2D eigenvalue weighted by Gasteiger charge is 2.17. The summed E-state index contributed by atoms with van der Waals surface area (Å²) in [5.74, 6) is 0.712. The van der Waals surface area contributed by atoms with Gasteiger partial charge < -0.3 is 9.30 Å². The van der Waals surface area contributed by atoms with Gasteiger partial charge in [0.05, 0.1) is 27.9 Å². The molecule has 0 unspecified atom stereocenters. The number of aryl methyl sites for hydroxylation is 1. The van der Waals surface area contributed by atoms with Crippen molar-refractivity contribution < 1.29 is 14.3 Å². The summed E-state index contributed by atoms with van der Waals surface area (Å²) in [6, 6.07) is 18.3. The maximum Gasteiger partial charge on any atom is 0.279 e. The Hall–Kier alpha value is -3.65. The molecule has 2 aromatic carbocycles. The summed E-state index contributed by atoms with van der Waals surface area (Å²) in [4.78, 5) is 30.9. The molecule has 0 spiro atoms. The number of thiophene rings is 1. The number of para-hydroxylation sites is 2. The van der Waals surface area contributed by atoms with Gasteiger partial charge in [0.1, 0.15) is 5.75 Å². The Labute approximate surface area is 183 Å². The van der Waals surface area contributed by atoms with E-state index in [4.69, 9.17) is 9.72 Å². The number of carbonyl (C=O) groups is 2. The maximum absolute atomic E-state index is 12.5. The molecule has 0 atom stereocenters. The number of rotatable bonds is 6. The molecule has 4 aromatic rings. The third kappa shape index (κ3) is 4.29. The average Bonchev–Trinajstić information content (AvgIpc) is 3.43. The maximum atomic E-state index is 12.5. The second kappa shape index (κ2) is 9.01. The first-order chi connectivity index (χ1) is 15.1. The van der Waals surface area contributed by atoms with Gasteiger partial charge in [-0.2, -0.15) is 0 Å². The Kier molecular flexibility index (Phi) is 5.99. The van der Waals surface area contributed by atoms with E-state index in [2.05, 4.69) is 28.4 Å². The fourth-order valence-electron chi connectivity index (χ4n) is 3.28. The summed E-state index contributed by atoms with van der Waals surface area (Å²) in [6.07, 6.45) is 0.976. The van der Waals surface area contributed by atoms with Gasteiger partial charge in [-0.25, -0.2) is 4.98 Å². The zero-order valence-electron chi connectivity index (χ0n) is 17.2. The summed E-state index contributed by atoms with van der Waals surface area (Å²) in [5.41, 5.74) is 7.33. The molecule has 4 rings (SSSR count). The number of methoxy groups -OCH3 is 1. The topological polar surface area (TPSA) is 85.2 Å². The fourth-order valence-corrected chi connectivity index (χ4v) is 4.18. The van der Waals surface area contributed by atoms with Crippen LogP contribution in [0, 0.1) is 0 Å². The van der Waals surface area contributed by atoms with Crippen LogP contribution in [0.2, 0.25) is 0 Å². The van der Waals surface area contributed by atoms with E-state index in [-0.39, 0.29) is 5.91 Å². The lowest BCUT2D eigenvalue weighted by Crippen LogP contribution is -2.41. The monoisotopic (exact) mass is 434 g/mol. The van der Waals surface area contributed by atoms with Gasteiger partial charge in [0.25, 0.3) is 11.8 Å². The van der Waals surface area contributed by atoms with Crippen LogP contribution in [0.1, 0.15) is 33.4 Å². The zero-order valence-corrected chi connectivity index (χ0v) is 18.0. The molecule has 2 amide bonds. The van der Waals surface area contributed by atoms with Crippen molar-refractivity contribution in [2.45, 2.75) is 19.9 Å². The second-order valence-electron chi connectivity index (χ2n) is 6.88. The number of imidazole rings is 1. The number of nitrogens with one attached hydrogen (secondary N) is 2. The van der Waals surface area contributed by atoms with Gasteiger partial charge in [-0.3, -0.25) is 20.4 Å². The van der Waals surface area contributed by atoms with Crippen molar-refractivity contribution in [3.8, 4) is 16.5 Å². The molecule has 0 radical (unpaired) electrons. The summed E-state index contributed by atoms with van der Waals surface area (Å²) in [6.45, 7) is 2.96. The lowest BCUT2D eigenvalue weighted by atomic mass is 10.2. The minimum Gasteiger partial charge on any atom is -0.497 e. The zero-order chi connectivity index (χ0) is 21.8. The number of hydrogen-bond donors (Lipinski definition) is 2. The highest BCUT2D eigenvalue weighted by Crippen LogP contribution is 2.30. The number of carbonyl (C=O) groups excluding carboxylic acids is 2. The largest absolute Gasteiger partial charge is 0.497 e. The van der Waals surface area contributed by atoms with E-state index in [0.29, 0.717) is 16.2 Å². The van der Waals surface area contributed by atoms with Crippen LogP contribution >= 0.6 is 11.3 Å². The first-order valence-corrected chi connectivity index (χ1v) is 10.7. The van der Waals surface area contributed by atoms with Gasteiger partial charge in [0.2, 0.25) is 0 Å². The van der Waals surface area contributed by atoms with Crippen LogP contribution in [0.3, 0.4) is 0 Å². The van der Waals surface area contributed by atoms with Crippen molar-refractivity contribution in [2.24, 2.45) is 0 Å². The van der Waals surface area contributed by atoms with Gasteiger partial charge in [-0.1, -0.05) is 19.1 Å². The van der Waals surface area contributed by atoms with Crippen molar-refractivity contribution in [1.82, 2.24) is 20.4 Å². The number of fused-ring (bicyclic) bond motifs is 1. The first-order valence-electron chi connectivity index (χ1n) is 9.91. The standard InChI is InChI=1S/C23H22N4O3S/c1-3-14-27-18-7-5-4-6-17(18)24-21(27)19-12-13-20(31-19)23(29)26-25-22(28)15-8-10-16(30-2)11-9-15/h4-13H,3,14H2,1-2H3,(H,25,28)(H,26,29). The Morgan fingerprint density at radius 1 is 1.00 bits per heavy atom.